The molecule has 0 N–H and O–H groups in total. The summed E-state index contributed by atoms with van der Waals surface area (Å²) in [6.45, 7) is 0. The predicted octanol–water partition coefficient (Wildman–Crippen LogP) is 2.26. The fraction of sp³-hybridized carbons (Fsp3) is 0.300. The summed E-state index contributed by atoms with van der Waals surface area (Å²) in [4.78, 5) is 14.9. The first kappa shape index (κ1) is 8.54. The molecule has 0 amide bonds. The summed E-state index contributed by atoms with van der Waals surface area (Å²) in [6.07, 6.45) is 2.62. The lowest BCUT2D eigenvalue weighted by atomic mass is 10.4. The molecule has 2 nitrogen and oxygen atoms in total. The Morgan fingerprint density at radius 2 is 2.15 bits per heavy atom. The molecule has 1 saturated carbocycles. The minimum Gasteiger partial charge on any atom is -0.211 e. The summed E-state index contributed by atoms with van der Waals surface area (Å²) in [5.41, 5.74) is 0. The van der Waals surface area contributed by atoms with Gasteiger partial charge >= 0.3 is 0 Å². The lowest BCUT2D eigenvalue weighted by Crippen LogP contribution is -1.83. The highest BCUT2D eigenvalue weighted by molar-refractivity contribution is 8.00. The molecule has 1 aromatic carbocycles. The van der Waals surface area contributed by atoms with E-state index in [2.05, 4.69) is 17.1 Å². The molecule has 1 aromatic rings. The van der Waals surface area contributed by atoms with Crippen LogP contribution in [0.2, 0.25) is 0 Å². The highest BCUT2D eigenvalue weighted by Gasteiger charge is 2.37. The number of aliphatic imine (C=N–C) groups is 1. The van der Waals surface area contributed by atoms with E-state index in [-0.39, 0.29) is 6.04 Å². The molecule has 0 aromatic heterocycles. The van der Waals surface area contributed by atoms with Crippen molar-refractivity contribution in [3.8, 4) is 0 Å². The van der Waals surface area contributed by atoms with Gasteiger partial charge in [0.25, 0.3) is 0 Å². The molecule has 66 valence electrons. The van der Waals surface area contributed by atoms with Crippen LogP contribution in [0, 0.1) is 0 Å². The van der Waals surface area contributed by atoms with Crippen molar-refractivity contribution in [1.82, 2.24) is 0 Å². The molecule has 1 aliphatic rings. The molecule has 0 spiro atoms. The molecule has 0 saturated heterocycles. The fourth-order valence-corrected chi connectivity index (χ4v) is 2.34. The summed E-state index contributed by atoms with van der Waals surface area (Å²) >= 11 is 1.78. The Labute approximate surface area is 81.1 Å². The minimum absolute atomic E-state index is 0.211. The Bertz CT molecular complexity index is 332. The van der Waals surface area contributed by atoms with Crippen LogP contribution in [-0.4, -0.2) is 17.4 Å². The second-order valence-electron chi connectivity index (χ2n) is 2.99. The Morgan fingerprint density at radius 3 is 2.85 bits per heavy atom. The van der Waals surface area contributed by atoms with E-state index in [1.807, 2.05) is 18.2 Å². The normalized spacial score (nSPS) is 24.9. The van der Waals surface area contributed by atoms with Crippen molar-refractivity contribution in [2.75, 3.05) is 0 Å². The maximum absolute atomic E-state index is 9.95. The average Bonchev–Trinajstić information content (AvgIpc) is 2.86. The van der Waals surface area contributed by atoms with Gasteiger partial charge in [0, 0.05) is 10.1 Å². The third-order valence-corrected chi connectivity index (χ3v) is 3.30. The van der Waals surface area contributed by atoms with Crippen LogP contribution in [0.25, 0.3) is 0 Å². The molecular formula is C10H9NOS. The van der Waals surface area contributed by atoms with E-state index in [9.17, 15) is 4.79 Å². The number of benzene rings is 1. The molecule has 1 aliphatic carbocycles. The highest BCUT2D eigenvalue weighted by Crippen LogP contribution is 2.41. The molecule has 0 radical (unpaired) electrons. The van der Waals surface area contributed by atoms with Crippen LogP contribution >= 0.6 is 11.8 Å². The van der Waals surface area contributed by atoms with E-state index in [4.69, 9.17) is 0 Å². The summed E-state index contributed by atoms with van der Waals surface area (Å²) < 4.78 is 0. The van der Waals surface area contributed by atoms with E-state index < -0.39 is 0 Å². The quantitative estimate of drug-likeness (QED) is 0.541. The van der Waals surface area contributed by atoms with Gasteiger partial charge in [-0.1, -0.05) is 18.2 Å². The second-order valence-corrected chi connectivity index (χ2v) is 4.31. The van der Waals surface area contributed by atoms with Gasteiger partial charge < -0.3 is 0 Å². The number of isocyanates is 1. The third-order valence-electron chi connectivity index (χ3n) is 1.95. The maximum atomic E-state index is 9.95. The zero-order valence-corrected chi connectivity index (χ0v) is 7.83. The molecule has 0 bridgehead atoms. The van der Waals surface area contributed by atoms with Gasteiger partial charge in [-0.15, -0.1) is 11.8 Å². The lowest BCUT2D eigenvalue weighted by molar-refractivity contribution is 0.563. The molecule has 3 heteroatoms. The Morgan fingerprint density at radius 1 is 1.38 bits per heavy atom. The summed E-state index contributed by atoms with van der Waals surface area (Å²) in [6, 6.07) is 10.4. The van der Waals surface area contributed by atoms with Crippen molar-refractivity contribution < 1.29 is 4.79 Å². The van der Waals surface area contributed by atoms with Crippen LogP contribution in [0.4, 0.5) is 0 Å². The number of rotatable bonds is 3. The summed E-state index contributed by atoms with van der Waals surface area (Å²) in [5.74, 6) is 0. The van der Waals surface area contributed by atoms with Crippen LogP contribution < -0.4 is 0 Å². The number of thioether (sulfide) groups is 1. The molecule has 1 fully saturated rings. The van der Waals surface area contributed by atoms with Crippen LogP contribution in [0.3, 0.4) is 0 Å². The topological polar surface area (TPSA) is 29.4 Å². The maximum Gasteiger partial charge on any atom is 0.235 e. The van der Waals surface area contributed by atoms with Gasteiger partial charge in [-0.2, -0.15) is 0 Å². The van der Waals surface area contributed by atoms with Gasteiger partial charge in [0.2, 0.25) is 6.08 Å². The Kier molecular flexibility index (Phi) is 2.48. The molecular weight excluding hydrogens is 182 g/mol. The van der Waals surface area contributed by atoms with E-state index in [1.54, 1.807) is 17.8 Å². The van der Waals surface area contributed by atoms with Crippen molar-refractivity contribution in [1.29, 1.82) is 0 Å². The molecule has 2 atom stereocenters. The van der Waals surface area contributed by atoms with Crippen molar-refractivity contribution in [2.24, 2.45) is 4.99 Å². The lowest BCUT2D eigenvalue weighted by Gasteiger charge is -1.96. The molecule has 13 heavy (non-hydrogen) atoms. The predicted molar refractivity (Wildman–Crippen MR) is 52.6 cm³/mol. The molecule has 0 heterocycles. The number of hydrogen-bond acceptors (Lipinski definition) is 3. The van der Waals surface area contributed by atoms with Crippen molar-refractivity contribution >= 4 is 17.8 Å². The van der Waals surface area contributed by atoms with Crippen LogP contribution in [0.5, 0.6) is 0 Å². The molecule has 2 rings (SSSR count). The van der Waals surface area contributed by atoms with E-state index in [0.29, 0.717) is 5.25 Å². The number of hydrogen-bond donors (Lipinski definition) is 0. The number of nitrogens with zero attached hydrogens (tertiary/aromatic N) is 1. The van der Waals surface area contributed by atoms with Gasteiger partial charge in [0.15, 0.2) is 0 Å². The van der Waals surface area contributed by atoms with Crippen LogP contribution in [0.1, 0.15) is 6.42 Å². The highest BCUT2D eigenvalue weighted by atomic mass is 32.2. The first-order chi connectivity index (χ1) is 6.40. The molecule has 2 unspecified atom stereocenters. The monoisotopic (exact) mass is 191 g/mol. The van der Waals surface area contributed by atoms with Crippen molar-refractivity contribution in [3.05, 3.63) is 30.3 Å². The molecule has 0 aliphatic heterocycles. The Hall–Kier alpha value is -1.05. The van der Waals surface area contributed by atoms with Gasteiger partial charge in [0.1, 0.15) is 0 Å². The van der Waals surface area contributed by atoms with Gasteiger partial charge in [-0.25, -0.2) is 9.79 Å². The van der Waals surface area contributed by atoms with E-state index in [0.717, 1.165) is 6.42 Å². The van der Waals surface area contributed by atoms with Gasteiger partial charge in [0.05, 0.1) is 6.04 Å². The van der Waals surface area contributed by atoms with E-state index in [1.165, 1.54) is 4.90 Å². The van der Waals surface area contributed by atoms with Gasteiger partial charge in [-0.05, 0) is 18.6 Å². The first-order valence-corrected chi connectivity index (χ1v) is 5.07. The largest absolute Gasteiger partial charge is 0.235 e. The van der Waals surface area contributed by atoms with Crippen molar-refractivity contribution in [2.45, 2.75) is 22.6 Å². The van der Waals surface area contributed by atoms with Gasteiger partial charge in [-0.3, -0.25) is 0 Å². The Balaban J connectivity index is 1.91. The van der Waals surface area contributed by atoms with Crippen molar-refractivity contribution in [3.63, 3.8) is 0 Å². The summed E-state index contributed by atoms with van der Waals surface area (Å²) in [5, 5.41) is 0.490. The summed E-state index contributed by atoms with van der Waals surface area (Å²) in [7, 11) is 0. The average molecular weight is 191 g/mol. The fourth-order valence-electron chi connectivity index (χ4n) is 1.16. The smallest absolute Gasteiger partial charge is 0.211 e. The second kappa shape index (κ2) is 3.77. The zero-order valence-electron chi connectivity index (χ0n) is 7.01. The first-order valence-electron chi connectivity index (χ1n) is 4.19. The zero-order chi connectivity index (χ0) is 9.10. The minimum atomic E-state index is 0.211. The van der Waals surface area contributed by atoms with E-state index >= 15 is 0 Å². The number of carbonyl (C=O) groups excluding carboxylic acids is 1. The van der Waals surface area contributed by atoms with Crippen LogP contribution in [-0.2, 0) is 4.79 Å². The third kappa shape index (κ3) is 2.20. The SMILES string of the molecule is O=C=NC1CC1Sc1ccccc1. The standard InChI is InChI=1S/C10H9NOS/c12-7-11-9-6-10(9)13-8-4-2-1-3-5-8/h1-5,9-10H,6H2. The van der Waals surface area contributed by atoms with Crippen LogP contribution in [0.15, 0.2) is 40.2 Å².